The number of pyridine rings is 1. The molecule has 1 N–H and O–H groups in total. The number of benzene rings is 1. The van der Waals surface area contributed by atoms with Crippen LogP contribution in [0, 0.1) is 6.92 Å². The largest absolute Gasteiger partial charge is 0.481 e. The van der Waals surface area contributed by atoms with Crippen molar-refractivity contribution in [3.8, 4) is 11.6 Å². The molecule has 25 heavy (non-hydrogen) atoms. The summed E-state index contributed by atoms with van der Waals surface area (Å²) in [6.07, 6.45) is 1.02. The van der Waals surface area contributed by atoms with Crippen molar-refractivity contribution >= 4 is 27.7 Å². The van der Waals surface area contributed by atoms with Crippen LogP contribution in [0.1, 0.15) is 12.6 Å². The van der Waals surface area contributed by atoms with Gasteiger partial charge in [-0.25, -0.2) is 4.98 Å². The van der Waals surface area contributed by atoms with Gasteiger partial charge in [0.05, 0.1) is 5.69 Å². The molecule has 3 aromatic rings. The molecule has 0 aliphatic carbocycles. The van der Waals surface area contributed by atoms with E-state index in [1.807, 2.05) is 37.3 Å². The molecule has 0 saturated heterocycles. The number of nitrogens with one attached hydrogen (secondary N) is 1. The van der Waals surface area contributed by atoms with Crippen LogP contribution in [-0.4, -0.2) is 26.8 Å². The first-order valence-electron chi connectivity index (χ1n) is 7.74. The Kier molecular flexibility index (Phi) is 5.14. The lowest BCUT2D eigenvalue weighted by Crippen LogP contribution is -2.31. The van der Waals surface area contributed by atoms with Gasteiger partial charge in [0.1, 0.15) is 11.6 Å². The van der Waals surface area contributed by atoms with Gasteiger partial charge in [-0.15, -0.1) is 0 Å². The van der Waals surface area contributed by atoms with Crippen LogP contribution in [0.3, 0.4) is 0 Å². The minimum atomic E-state index is -0.659. The second kappa shape index (κ2) is 7.48. The third-order valence-electron chi connectivity index (χ3n) is 3.44. The summed E-state index contributed by atoms with van der Waals surface area (Å²) < 4.78 is 8.22. The first kappa shape index (κ1) is 17.2. The number of aromatic nitrogens is 3. The van der Waals surface area contributed by atoms with Crippen molar-refractivity contribution in [2.75, 3.05) is 5.32 Å². The zero-order valence-corrected chi connectivity index (χ0v) is 15.4. The van der Waals surface area contributed by atoms with Gasteiger partial charge in [0.25, 0.3) is 5.91 Å². The molecule has 2 aromatic heterocycles. The lowest BCUT2D eigenvalue weighted by Gasteiger charge is -2.15. The molecular formula is C18H17BrN4O2. The number of rotatable bonds is 5. The predicted molar refractivity (Wildman–Crippen MR) is 99.0 cm³/mol. The second-order valence-electron chi connectivity index (χ2n) is 5.47. The van der Waals surface area contributed by atoms with E-state index in [0.717, 1.165) is 10.2 Å². The summed E-state index contributed by atoms with van der Waals surface area (Å²) >= 11 is 3.37. The van der Waals surface area contributed by atoms with Crippen molar-refractivity contribution in [1.82, 2.24) is 14.8 Å². The fourth-order valence-corrected chi connectivity index (χ4v) is 2.51. The SMILES string of the molecule is Cc1cc(NC(=O)C(C)Oc2ccc(Br)cc2)n(-c2ccccn2)n1. The summed E-state index contributed by atoms with van der Waals surface area (Å²) in [6, 6.07) is 14.6. The highest BCUT2D eigenvalue weighted by Crippen LogP contribution is 2.19. The molecule has 0 radical (unpaired) electrons. The van der Waals surface area contributed by atoms with E-state index in [-0.39, 0.29) is 5.91 Å². The van der Waals surface area contributed by atoms with E-state index < -0.39 is 6.10 Å². The summed E-state index contributed by atoms with van der Waals surface area (Å²) in [4.78, 5) is 16.7. The van der Waals surface area contributed by atoms with Crippen LogP contribution in [0.25, 0.3) is 5.82 Å². The molecule has 6 nitrogen and oxygen atoms in total. The predicted octanol–water partition coefficient (Wildman–Crippen LogP) is 3.74. The molecule has 3 rings (SSSR count). The summed E-state index contributed by atoms with van der Waals surface area (Å²) in [5.41, 5.74) is 0.780. The van der Waals surface area contributed by atoms with E-state index in [9.17, 15) is 4.79 Å². The molecular weight excluding hydrogens is 384 g/mol. The zero-order valence-electron chi connectivity index (χ0n) is 13.8. The van der Waals surface area contributed by atoms with E-state index in [2.05, 4.69) is 31.3 Å². The Morgan fingerprint density at radius 2 is 2.00 bits per heavy atom. The standard InChI is InChI=1S/C18H17BrN4O2/c1-12-11-17(23(22-12)16-5-3-4-10-20-16)21-18(24)13(2)25-15-8-6-14(19)7-9-15/h3-11,13H,1-2H3,(H,21,24). The maximum atomic E-state index is 12.5. The van der Waals surface area contributed by atoms with Gasteiger partial charge in [0, 0.05) is 16.7 Å². The minimum Gasteiger partial charge on any atom is -0.481 e. The Labute approximate surface area is 154 Å². The summed E-state index contributed by atoms with van der Waals surface area (Å²) in [6.45, 7) is 3.56. The number of aryl methyl sites for hydroxylation is 1. The molecule has 0 fully saturated rings. The maximum absolute atomic E-state index is 12.5. The van der Waals surface area contributed by atoms with E-state index in [0.29, 0.717) is 17.4 Å². The molecule has 128 valence electrons. The lowest BCUT2D eigenvalue weighted by atomic mass is 10.3. The first-order chi connectivity index (χ1) is 12.0. The maximum Gasteiger partial charge on any atom is 0.266 e. The first-order valence-corrected chi connectivity index (χ1v) is 8.53. The van der Waals surface area contributed by atoms with Crippen LogP contribution in [0.4, 0.5) is 5.82 Å². The quantitative estimate of drug-likeness (QED) is 0.707. The van der Waals surface area contributed by atoms with Crippen molar-refractivity contribution in [3.63, 3.8) is 0 Å². The molecule has 0 bridgehead atoms. The van der Waals surface area contributed by atoms with Crippen molar-refractivity contribution in [2.45, 2.75) is 20.0 Å². The fraction of sp³-hybridized carbons (Fsp3) is 0.167. The Morgan fingerprint density at radius 3 is 2.68 bits per heavy atom. The summed E-state index contributed by atoms with van der Waals surface area (Å²) in [7, 11) is 0. The number of ether oxygens (including phenoxy) is 1. The van der Waals surface area contributed by atoms with Crippen molar-refractivity contribution in [1.29, 1.82) is 0 Å². The van der Waals surface area contributed by atoms with Crippen molar-refractivity contribution in [2.24, 2.45) is 0 Å². The highest BCUT2D eigenvalue weighted by Gasteiger charge is 2.18. The summed E-state index contributed by atoms with van der Waals surface area (Å²) in [5.74, 6) is 1.54. The van der Waals surface area contributed by atoms with Crippen molar-refractivity contribution in [3.05, 3.63) is 64.9 Å². The molecule has 1 aromatic carbocycles. The molecule has 0 spiro atoms. The van der Waals surface area contributed by atoms with Gasteiger partial charge in [-0.05, 0) is 50.2 Å². The van der Waals surface area contributed by atoms with E-state index in [1.54, 1.807) is 36.0 Å². The number of anilines is 1. The summed E-state index contributed by atoms with van der Waals surface area (Å²) in [5, 5.41) is 7.23. The Balaban J connectivity index is 1.73. The fourth-order valence-electron chi connectivity index (χ4n) is 2.24. The molecule has 0 aliphatic heterocycles. The highest BCUT2D eigenvalue weighted by atomic mass is 79.9. The van der Waals surface area contributed by atoms with E-state index >= 15 is 0 Å². The highest BCUT2D eigenvalue weighted by molar-refractivity contribution is 9.10. The molecule has 7 heteroatoms. The molecule has 1 unspecified atom stereocenters. The topological polar surface area (TPSA) is 69.0 Å². The smallest absolute Gasteiger partial charge is 0.266 e. The Hall–Kier alpha value is -2.67. The van der Waals surface area contributed by atoms with Gasteiger partial charge in [-0.3, -0.25) is 4.79 Å². The normalized spacial score (nSPS) is 11.8. The van der Waals surface area contributed by atoms with Crippen LogP contribution in [0.15, 0.2) is 59.2 Å². The second-order valence-corrected chi connectivity index (χ2v) is 6.39. The number of carbonyl (C=O) groups excluding carboxylic acids is 1. The van der Waals surface area contributed by atoms with Gasteiger partial charge in [0.15, 0.2) is 11.9 Å². The van der Waals surface area contributed by atoms with Crippen LogP contribution in [-0.2, 0) is 4.79 Å². The number of hydrogen-bond acceptors (Lipinski definition) is 4. The van der Waals surface area contributed by atoms with Gasteiger partial charge >= 0.3 is 0 Å². The van der Waals surface area contributed by atoms with Crippen LogP contribution >= 0.6 is 15.9 Å². The van der Waals surface area contributed by atoms with Crippen LogP contribution in [0.5, 0.6) is 5.75 Å². The van der Waals surface area contributed by atoms with Crippen LogP contribution < -0.4 is 10.1 Å². The van der Waals surface area contributed by atoms with Crippen LogP contribution in [0.2, 0.25) is 0 Å². The lowest BCUT2D eigenvalue weighted by molar-refractivity contribution is -0.122. The number of nitrogens with zero attached hydrogens (tertiary/aromatic N) is 3. The monoisotopic (exact) mass is 400 g/mol. The minimum absolute atomic E-state index is 0.264. The Bertz CT molecular complexity index is 863. The van der Waals surface area contributed by atoms with E-state index in [1.165, 1.54) is 0 Å². The average Bonchev–Trinajstić information content (AvgIpc) is 2.98. The van der Waals surface area contributed by atoms with Gasteiger partial charge in [0.2, 0.25) is 0 Å². The van der Waals surface area contributed by atoms with E-state index in [4.69, 9.17) is 4.74 Å². The molecule has 0 aliphatic rings. The number of hydrogen-bond donors (Lipinski definition) is 1. The zero-order chi connectivity index (χ0) is 17.8. The van der Waals surface area contributed by atoms with Gasteiger partial charge in [-0.2, -0.15) is 9.78 Å². The average molecular weight is 401 g/mol. The Morgan fingerprint density at radius 1 is 1.24 bits per heavy atom. The number of amides is 1. The molecule has 0 saturated carbocycles. The third-order valence-corrected chi connectivity index (χ3v) is 3.97. The molecule has 1 amide bonds. The van der Waals surface area contributed by atoms with Gasteiger partial charge < -0.3 is 10.1 Å². The number of carbonyl (C=O) groups is 1. The number of halogens is 1. The third kappa shape index (κ3) is 4.24. The molecule has 2 heterocycles. The van der Waals surface area contributed by atoms with Crippen molar-refractivity contribution < 1.29 is 9.53 Å². The molecule has 1 atom stereocenters. The van der Waals surface area contributed by atoms with Gasteiger partial charge in [-0.1, -0.05) is 22.0 Å².